The van der Waals surface area contributed by atoms with Crippen molar-refractivity contribution in [1.82, 2.24) is 5.32 Å². The van der Waals surface area contributed by atoms with Gasteiger partial charge in [0.05, 0.1) is 17.7 Å². The molecule has 3 rings (SSSR count). The molecule has 1 aliphatic rings. The number of hydrogen-bond donors (Lipinski definition) is 4. The standard InChI is InChI=1S/C20H26N2O2S/c1-2-3-14-4-6-15(7-5-14)10-11-21-12-18(24)16-8-9-17(23)19-20(16)25-13-22-19/h4-9,18,21-24H,2-3,10-13H2,1H3. The molecule has 0 aromatic heterocycles. The van der Waals surface area contributed by atoms with Crippen molar-refractivity contribution in [3.05, 3.63) is 53.1 Å². The normalized spacial score (nSPS) is 14.2. The zero-order chi connectivity index (χ0) is 17.6. The lowest BCUT2D eigenvalue weighted by Gasteiger charge is -2.16. The number of fused-ring (bicyclic) bond motifs is 1. The number of benzene rings is 2. The second kappa shape index (κ2) is 8.61. The average Bonchev–Trinajstić information content (AvgIpc) is 3.11. The predicted octanol–water partition coefficient (Wildman–Crippen LogP) is 3.69. The van der Waals surface area contributed by atoms with Crippen molar-refractivity contribution in [3.63, 3.8) is 0 Å². The second-order valence-corrected chi connectivity index (χ2v) is 7.37. The van der Waals surface area contributed by atoms with E-state index in [9.17, 15) is 10.2 Å². The summed E-state index contributed by atoms with van der Waals surface area (Å²) < 4.78 is 0. The Morgan fingerprint density at radius 1 is 1.12 bits per heavy atom. The first kappa shape index (κ1) is 18.1. The summed E-state index contributed by atoms with van der Waals surface area (Å²) in [5.41, 5.74) is 4.32. The second-order valence-electron chi connectivity index (χ2n) is 6.38. The minimum Gasteiger partial charge on any atom is -0.506 e. The van der Waals surface area contributed by atoms with E-state index in [2.05, 4.69) is 41.8 Å². The summed E-state index contributed by atoms with van der Waals surface area (Å²) in [5, 5.41) is 26.8. The first-order chi connectivity index (χ1) is 12.2. The fourth-order valence-electron chi connectivity index (χ4n) is 3.10. The summed E-state index contributed by atoms with van der Waals surface area (Å²) in [4.78, 5) is 0.959. The van der Waals surface area contributed by atoms with Gasteiger partial charge in [-0.15, -0.1) is 11.8 Å². The van der Waals surface area contributed by atoms with Crippen LogP contribution in [0.5, 0.6) is 5.75 Å². The molecule has 0 bridgehead atoms. The molecule has 0 aliphatic carbocycles. The van der Waals surface area contributed by atoms with Gasteiger partial charge in [0.15, 0.2) is 0 Å². The van der Waals surface area contributed by atoms with E-state index in [1.165, 1.54) is 17.5 Å². The van der Waals surface area contributed by atoms with Crippen LogP contribution in [0.4, 0.5) is 5.69 Å². The van der Waals surface area contributed by atoms with Crippen LogP contribution in [0.1, 0.15) is 36.1 Å². The van der Waals surface area contributed by atoms with E-state index in [-0.39, 0.29) is 5.75 Å². The number of aromatic hydroxyl groups is 1. The van der Waals surface area contributed by atoms with E-state index in [4.69, 9.17) is 0 Å². The van der Waals surface area contributed by atoms with Gasteiger partial charge >= 0.3 is 0 Å². The van der Waals surface area contributed by atoms with Gasteiger partial charge in [0.25, 0.3) is 0 Å². The Bertz CT molecular complexity index is 704. The average molecular weight is 359 g/mol. The van der Waals surface area contributed by atoms with Gasteiger partial charge in [0.1, 0.15) is 5.75 Å². The molecule has 0 radical (unpaired) electrons. The number of rotatable bonds is 8. The highest BCUT2D eigenvalue weighted by molar-refractivity contribution is 8.00. The smallest absolute Gasteiger partial charge is 0.139 e. The zero-order valence-corrected chi connectivity index (χ0v) is 15.4. The van der Waals surface area contributed by atoms with Crippen LogP contribution in [-0.2, 0) is 12.8 Å². The molecule has 0 fully saturated rings. The highest BCUT2D eigenvalue weighted by Crippen LogP contribution is 2.44. The molecule has 0 saturated carbocycles. The lowest BCUT2D eigenvalue weighted by atomic mass is 10.1. The van der Waals surface area contributed by atoms with Gasteiger partial charge in [0, 0.05) is 11.4 Å². The molecule has 0 amide bonds. The van der Waals surface area contributed by atoms with E-state index in [1.807, 2.05) is 6.07 Å². The van der Waals surface area contributed by atoms with Crippen molar-refractivity contribution in [2.24, 2.45) is 0 Å². The third kappa shape index (κ3) is 4.48. The third-order valence-electron chi connectivity index (χ3n) is 4.48. The molecular weight excluding hydrogens is 332 g/mol. The number of aryl methyl sites for hydroxylation is 1. The van der Waals surface area contributed by atoms with Gasteiger partial charge in [0.2, 0.25) is 0 Å². The molecule has 1 unspecified atom stereocenters. The fourth-order valence-corrected chi connectivity index (χ4v) is 4.15. The van der Waals surface area contributed by atoms with Crippen molar-refractivity contribution >= 4 is 17.4 Å². The van der Waals surface area contributed by atoms with E-state index >= 15 is 0 Å². The molecule has 4 nitrogen and oxygen atoms in total. The Balaban J connectivity index is 1.48. The number of phenols is 1. The van der Waals surface area contributed by atoms with Crippen LogP contribution in [0.3, 0.4) is 0 Å². The summed E-state index contributed by atoms with van der Waals surface area (Å²) in [7, 11) is 0. The Labute approximate surface area is 153 Å². The molecule has 0 saturated heterocycles. The van der Waals surface area contributed by atoms with Crippen LogP contribution < -0.4 is 10.6 Å². The monoisotopic (exact) mass is 358 g/mol. The third-order valence-corrected chi connectivity index (χ3v) is 5.50. The number of phenolic OH excluding ortho intramolecular Hbond substituents is 1. The molecule has 25 heavy (non-hydrogen) atoms. The summed E-state index contributed by atoms with van der Waals surface area (Å²) in [6.45, 7) is 3.53. The Hall–Kier alpha value is -1.69. The first-order valence-electron chi connectivity index (χ1n) is 8.88. The van der Waals surface area contributed by atoms with Gasteiger partial charge in [-0.05, 0) is 42.1 Å². The lowest BCUT2D eigenvalue weighted by molar-refractivity contribution is 0.172. The summed E-state index contributed by atoms with van der Waals surface area (Å²) >= 11 is 1.62. The molecular formula is C20H26N2O2S. The molecule has 0 spiro atoms. The van der Waals surface area contributed by atoms with E-state index < -0.39 is 6.10 Å². The van der Waals surface area contributed by atoms with Crippen molar-refractivity contribution < 1.29 is 10.2 Å². The number of thioether (sulfide) groups is 1. The number of anilines is 1. The van der Waals surface area contributed by atoms with Gasteiger partial charge < -0.3 is 20.8 Å². The topological polar surface area (TPSA) is 64.5 Å². The molecule has 2 aromatic rings. The highest BCUT2D eigenvalue weighted by atomic mass is 32.2. The molecule has 1 atom stereocenters. The summed E-state index contributed by atoms with van der Waals surface area (Å²) in [6, 6.07) is 12.3. The number of aliphatic hydroxyl groups is 1. The molecule has 4 N–H and O–H groups in total. The molecule has 1 heterocycles. The molecule has 2 aromatic carbocycles. The van der Waals surface area contributed by atoms with E-state index in [1.54, 1.807) is 17.8 Å². The van der Waals surface area contributed by atoms with Gasteiger partial charge in [-0.25, -0.2) is 0 Å². The van der Waals surface area contributed by atoms with Crippen molar-refractivity contribution in [3.8, 4) is 5.75 Å². The van der Waals surface area contributed by atoms with Crippen LogP contribution in [0.25, 0.3) is 0 Å². The number of aliphatic hydroxyl groups excluding tert-OH is 1. The van der Waals surface area contributed by atoms with Crippen molar-refractivity contribution in [2.45, 2.75) is 37.2 Å². The highest BCUT2D eigenvalue weighted by Gasteiger charge is 2.22. The van der Waals surface area contributed by atoms with Gasteiger partial charge in [-0.1, -0.05) is 43.7 Å². The lowest BCUT2D eigenvalue weighted by Crippen LogP contribution is -2.24. The molecule has 134 valence electrons. The fraction of sp³-hybridized carbons (Fsp3) is 0.400. The van der Waals surface area contributed by atoms with E-state index in [0.29, 0.717) is 6.54 Å². The molecule has 1 aliphatic heterocycles. The van der Waals surface area contributed by atoms with E-state index in [0.717, 1.165) is 41.4 Å². The Morgan fingerprint density at radius 2 is 1.84 bits per heavy atom. The van der Waals surface area contributed by atoms with Crippen LogP contribution in [0.15, 0.2) is 41.3 Å². The quantitative estimate of drug-likeness (QED) is 0.428. The zero-order valence-electron chi connectivity index (χ0n) is 14.6. The van der Waals surface area contributed by atoms with Crippen LogP contribution in [0, 0.1) is 0 Å². The van der Waals surface area contributed by atoms with Crippen molar-refractivity contribution in [1.29, 1.82) is 0 Å². The largest absolute Gasteiger partial charge is 0.506 e. The summed E-state index contributed by atoms with van der Waals surface area (Å²) in [6.07, 6.45) is 2.68. The maximum absolute atomic E-state index is 10.5. The van der Waals surface area contributed by atoms with Gasteiger partial charge in [-0.3, -0.25) is 0 Å². The van der Waals surface area contributed by atoms with Crippen molar-refractivity contribution in [2.75, 3.05) is 24.3 Å². The minimum absolute atomic E-state index is 0.246. The van der Waals surface area contributed by atoms with Crippen LogP contribution in [0.2, 0.25) is 0 Å². The number of hydrogen-bond acceptors (Lipinski definition) is 5. The Kier molecular flexibility index (Phi) is 6.24. The maximum Gasteiger partial charge on any atom is 0.139 e. The first-order valence-corrected chi connectivity index (χ1v) is 9.86. The minimum atomic E-state index is -0.575. The SMILES string of the molecule is CCCc1ccc(CCNCC(O)c2ccc(O)c3c2SCN3)cc1. The van der Waals surface area contributed by atoms with Crippen LogP contribution >= 0.6 is 11.8 Å². The van der Waals surface area contributed by atoms with Crippen LogP contribution in [-0.4, -0.2) is 29.2 Å². The molecule has 5 heteroatoms. The number of nitrogens with one attached hydrogen (secondary N) is 2. The summed E-state index contributed by atoms with van der Waals surface area (Å²) in [5.74, 6) is 0.976. The Morgan fingerprint density at radius 3 is 2.56 bits per heavy atom. The predicted molar refractivity (Wildman–Crippen MR) is 104 cm³/mol. The maximum atomic E-state index is 10.5. The van der Waals surface area contributed by atoms with Gasteiger partial charge in [-0.2, -0.15) is 0 Å².